The number of carbonyl (C=O) groups is 1. The lowest BCUT2D eigenvalue weighted by Gasteiger charge is -2.14. The van der Waals surface area contributed by atoms with Crippen LogP contribution in [0.5, 0.6) is 11.5 Å². The molecule has 0 fully saturated rings. The molecule has 6 heteroatoms. The molecule has 0 aliphatic heterocycles. The molecule has 25 heavy (non-hydrogen) atoms. The quantitative estimate of drug-likeness (QED) is 0.745. The van der Waals surface area contributed by atoms with Crippen molar-refractivity contribution in [3.63, 3.8) is 0 Å². The van der Waals surface area contributed by atoms with E-state index in [-0.39, 0.29) is 6.03 Å². The van der Waals surface area contributed by atoms with Crippen LogP contribution in [0.4, 0.5) is 10.5 Å². The Balaban J connectivity index is 1.85. The summed E-state index contributed by atoms with van der Waals surface area (Å²) in [5.74, 6) is 1.34. The number of benzene rings is 2. The predicted molar refractivity (Wildman–Crippen MR) is 101 cm³/mol. The Morgan fingerprint density at radius 2 is 1.88 bits per heavy atom. The van der Waals surface area contributed by atoms with Gasteiger partial charge < -0.3 is 20.1 Å². The fraction of sp³-hybridized carbons (Fsp3) is 0.316. The monoisotopic (exact) mass is 362 g/mol. The van der Waals surface area contributed by atoms with Crippen LogP contribution in [0.25, 0.3) is 0 Å². The van der Waals surface area contributed by atoms with Crippen LogP contribution in [0.2, 0.25) is 5.02 Å². The summed E-state index contributed by atoms with van der Waals surface area (Å²) < 4.78 is 11.0. The number of aryl methyl sites for hydroxylation is 2. The lowest BCUT2D eigenvalue weighted by molar-refractivity contribution is 0.247. The van der Waals surface area contributed by atoms with Gasteiger partial charge >= 0.3 is 6.03 Å². The van der Waals surface area contributed by atoms with Crippen molar-refractivity contribution in [1.82, 2.24) is 5.32 Å². The lowest BCUT2D eigenvalue weighted by atomic mass is 10.1. The van der Waals surface area contributed by atoms with Crippen molar-refractivity contribution in [3.8, 4) is 11.5 Å². The van der Waals surface area contributed by atoms with Gasteiger partial charge in [0.25, 0.3) is 0 Å². The highest BCUT2D eigenvalue weighted by molar-refractivity contribution is 6.31. The Labute approximate surface area is 153 Å². The van der Waals surface area contributed by atoms with E-state index in [1.807, 2.05) is 39.0 Å². The van der Waals surface area contributed by atoms with Gasteiger partial charge in [0.2, 0.25) is 0 Å². The highest BCUT2D eigenvalue weighted by Gasteiger charge is 2.10. The summed E-state index contributed by atoms with van der Waals surface area (Å²) in [6.07, 6.45) is 0. The van der Waals surface area contributed by atoms with Crippen molar-refractivity contribution in [2.75, 3.05) is 25.6 Å². The fourth-order valence-electron chi connectivity index (χ4n) is 2.30. The highest BCUT2D eigenvalue weighted by atomic mass is 35.5. The SMILES string of the molecule is COc1cc(Cl)c(C)cc1NC(=O)NCCOc1cccc(C)c1C. The molecule has 134 valence electrons. The molecular weight excluding hydrogens is 340 g/mol. The molecule has 0 aliphatic carbocycles. The third kappa shape index (κ3) is 5.03. The molecule has 0 bridgehead atoms. The summed E-state index contributed by atoms with van der Waals surface area (Å²) in [6.45, 7) is 6.68. The van der Waals surface area contributed by atoms with E-state index in [0.29, 0.717) is 29.6 Å². The maximum absolute atomic E-state index is 12.0. The highest BCUT2D eigenvalue weighted by Crippen LogP contribution is 2.30. The number of urea groups is 1. The number of hydrogen-bond donors (Lipinski definition) is 2. The van der Waals surface area contributed by atoms with E-state index in [1.165, 1.54) is 12.7 Å². The molecule has 2 amide bonds. The molecule has 0 heterocycles. The Bertz CT molecular complexity index is 763. The van der Waals surface area contributed by atoms with Crippen LogP contribution in [0, 0.1) is 20.8 Å². The summed E-state index contributed by atoms with van der Waals surface area (Å²) in [6, 6.07) is 9.03. The minimum absolute atomic E-state index is 0.329. The second kappa shape index (κ2) is 8.62. The van der Waals surface area contributed by atoms with Crippen molar-refractivity contribution in [3.05, 3.63) is 52.0 Å². The molecular formula is C19H23ClN2O3. The van der Waals surface area contributed by atoms with Crippen LogP contribution in [0.15, 0.2) is 30.3 Å². The van der Waals surface area contributed by atoms with E-state index < -0.39 is 0 Å². The molecule has 0 aromatic heterocycles. The van der Waals surface area contributed by atoms with Gasteiger partial charge in [0.05, 0.1) is 19.3 Å². The molecule has 0 unspecified atom stereocenters. The Morgan fingerprint density at radius 3 is 2.60 bits per heavy atom. The molecule has 2 N–H and O–H groups in total. The van der Waals surface area contributed by atoms with Crippen molar-refractivity contribution < 1.29 is 14.3 Å². The maximum Gasteiger partial charge on any atom is 0.319 e. The van der Waals surface area contributed by atoms with Crippen LogP contribution in [0.3, 0.4) is 0 Å². The molecule has 5 nitrogen and oxygen atoms in total. The summed E-state index contributed by atoms with van der Waals surface area (Å²) >= 11 is 6.06. The number of carbonyl (C=O) groups excluding carboxylic acids is 1. The summed E-state index contributed by atoms with van der Waals surface area (Å²) in [5.41, 5.74) is 3.70. The Hall–Kier alpha value is -2.40. The van der Waals surface area contributed by atoms with E-state index in [2.05, 4.69) is 10.6 Å². The number of halogens is 1. The fourth-order valence-corrected chi connectivity index (χ4v) is 2.46. The van der Waals surface area contributed by atoms with Gasteiger partial charge in [-0.05, 0) is 49.6 Å². The smallest absolute Gasteiger partial charge is 0.319 e. The Kier molecular flexibility index (Phi) is 6.53. The predicted octanol–water partition coefficient (Wildman–Crippen LogP) is 4.47. The van der Waals surface area contributed by atoms with Crippen LogP contribution in [-0.4, -0.2) is 26.3 Å². The van der Waals surface area contributed by atoms with Crippen molar-refractivity contribution in [2.24, 2.45) is 0 Å². The first-order valence-electron chi connectivity index (χ1n) is 8.00. The lowest BCUT2D eigenvalue weighted by Crippen LogP contribution is -2.32. The molecule has 2 rings (SSSR count). The van der Waals surface area contributed by atoms with Crippen LogP contribution in [-0.2, 0) is 0 Å². The zero-order chi connectivity index (χ0) is 18.4. The van der Waals surface area contributed by atoms with Crippen molar-refractivity contribution in [2.45, 2.75) is 20.8 Å². The second-order valence-electron chi connectivity index (χ2n) is 5.73. The third-order valence-electron chi connectivity index (χ3n) is 3.93. The largest absolute Gasteiger partial charge is 0.495 e. The van der Waals surface area contributed by atoms with Gasteiger partial charge in [0.1, 0.15) is 18.1 Å². The zero-order valence-electron chi connectivity index (χ0n) is 14.9. The van der Waals surface area contributed by atoms with E-state index in [9.17, 15) is 4.79 Å². The minimum atomic E-state index is -0.329. The molecule has 0 saturated heterocycles. The molecule has 0 aliphatic rings. The number of anilines is 1. The molecule has 2 aromatic carbocycles. The minimum Gasteiger partial charge on any atom is -0.495 e. The first-order valence-corrected chi connectivity index (χ1v) is 8.38. The van der Waals surface area contributed by atoms with Crippen molar-refractivity contribution in [1.29, 1.82) is 0 Å². The average molecular weight is 363 g/mol. The van der Waals surface area contributed by atoms with Crippen LogP contribution >= 0.6 is 11.6 Å². The Morgan fingerprint density at radius 1 is 1.12 bits per heavy atom. The number of methoxy groups -OCH3 is 1. The maximum atomic E-state index is 12.0. The number of amides is 2. The topological polar surface area (TPSA) is 59.6 Å². The summed E-state index contributed by atoms with van der Waals surface area (Å²) in [4.78, 5) is 12.0. The normalized spacial score (nSPS) is 10.3. The van der Waals surface area contributed by atoms with Gasteiger partial charge in [0.15, 0.2) is 0 Å². The first-order chi connectivity index (χ1) is 11.9. The van der Waals surface area contributed by atoms with Gasteiger partial charge in [-0.15, -0.1) is 0 Å². The average Bonchev–Trinajstić information content (AvgIpc) is 2.58. The summed E-state index contributed by atoms with van der Waals surface area (Å²) in [5, 5.41) is 6.10. The molecule has 2 aromatic rings. The van der Waals surface area contributed by atoms with E-state index >= 15 is 0 Å². The standard InChI is InChI=1S/C19H23ClN2O3/c1-12-6-5-7-17(14(12)3)25-9-8-21-19(23)22-16-10-13(2)15(20)11-18(16)24-4/h5-7,10-11H,8-9H2,1-4H3,(H2,21,22,23). The molecule has 0 saturated carbocycles. The van der Waals surface area contributed by atoms with Crippen LogP contribution < -0.4 is 20.1 Å². The number of nitrogens with one attached hydrogen (secondary N) is 2. The van der Waals surface area contributed by atoms with E-state index in [1.54, 1.807) is 12.1 Å². The van der Waals surface area contributed by atoms with Crippen molar-refractivity contribution >= 4 is 23.3 Å². The molecule has 0 radical (unpaired) electrons. The first kappa shape index (κ1) is 18.9. The number of hydrogen-bond acceptors (Lipinski definition) is 3. The van der Waals surface area contributed by atoms with Crippen LogP contribution in [0.1, 0.15) is 16.7 Å². The van der Waals surface area contributed by atoms with Gasteiger partial charge in [-0.1, -0.05) is 23.7 Å². The van der Waals surface area contributed by atoms with E-state index in [0.717, 1.165) is 16.9 Å². The van der Waals surface area contributed by atoms with Gasteiger partial charge in [0, 0.05) is 11.1 Å². The summed E-state index contributed by atoms with van der Waals surface area (Å²) in [7, 11) is 1.53. The molecule has 0 spiro atoms. The van der Waals surface area contributed by atoms with Gasteiger partial charge in [-0.2, -0.15) is 0 Å². The third-order valence-corrected chi connectivity index (χ3v) is 4.34. The second-order valence-corrected chi connectivity index (χ2v) is 6.14. The van der Waals surface area contributed by atoms with Gasteiger partial charge in [-0.25, -0.2) is 4.79 Å². The van der Waals surface area contributed by atoms with E-state index in [4.69, 9.17) is 21.1 Å². The molecule has 0 atom stereocenters. The number of rotatable bonds is 6. The zero-order valence-corrected chi connectivity index (χ0v) is 15.7. The van der Waals surface area contributed by atoms with Gasteiger partial charge in [-0.3, -0.25) is 0 Å². The number of ether oxygens (including phenoxy) is 2.